The molecular weight excluding hydrogens is 447 g/mol. The van der Waals surface area contributed by atoms with E-state index in [0.29, 0.717) is 5.56 Å². The topological polar surface area (TPSA) is 46.4 Å². The third-order valence-electron chi connectivity index (χ3n) is 4.31. The minimum Gasteiger partial charge on any atom is -0.346 e. The monoisotopic (exact) mass is 459 g/mol. The van der Waals surface area contributed by atoms with Crippen molar-refractivity contribution >= 4 is 34.5 Å². The largest absolute Gasteiger partial charge is 0.420 e. The lowest BCUT2D eigenvalue weighted by atomic mass is 10.1. The van der Waals surface area contributed by atoms with Crippen molar-refractivity contribution in [3.8, 4) is 11.8 Å². The van der Waals surface area contributed by atoms with E-state index in [1.807, 2.05) is 23.6 Å². The Kier molecular flexibility index (Phi) is 5.72. The average Bonchev–Trinajstić information content (AvgIpc) is 3.38. The number of carbonyl (C=O) groups excluding carboxylic acids is 1. The minimum atomic E-state index is -4.70. The van der Waals surface area contributed by atoms with Gasteiger partial charge in [0, 0.05) is 22.2 Å². The number of imidazole rings is 1. The summed E-state index contributed by atoms with van der Waals surface area (Å²) in [6.07, 6.45) is -3.36. The van der Waals surface area contributed by atoms with E-state index < -0.39 is 23.3 Å². The highest BCUT2D eigenvalue weighted by atomic mass is 35.5. The Morgan fingerprint density at radius 1 is 1.13 bits per heavy atom. The van der Waals surface area contributed by atoms with Crippen LogP contribution in [0.1, 0.15) is 32.1 Å². The van der Waals surface area contributed by atoms with Gasteiger partial charge in [0.1, 0.15) is 10.7 Å². The van der Waals surface area contributed by atoms with Crippen LogP contribution in [0.2, 0.25) is 5.15 Å². The first kappa shape index (κ1) is 21.0. The minimum absolute atomic E-state index is 0.0912. The van der Waals surface area contributed by atoms with Gasteiger partial charge in [0.25, 0.3) is 5.91 Å². The zero-order valence-electron chi connectivity index (χ0n) is 15.7. The summed E-state index contributed by atoms with van der Waals surface area (Å²) >= 11 is 7.69. The summed E-state index contributed by atoms with van der Waals surface area (Å²) in [5.41, 5.74) is -1.01. The SMILES string of the molecule is O=C(NCc1cccs1)c1nc2c(C(F)(F)F)cc(C#Cc3ccccc3)cn2c1Cl. The molecule has 0 spiro atoms. The van der Waals surface area contributed by atoms with E-state index in [1.54, 1.807) is 24.3 Å². The number of hydrogen-bond donors (Lipinski definition) is 1. The molecule has 0 unspecified atom stereocenters. The van der Waals surface area contributed by atoms with E-state index in [-0.39, 0.29) is 23.0 Å². The summed E-state index contributed by atoms with van der Waals surface area (Å²) in [4.78, 5) is 17.3. The summed E-state index contributed by atoms with van der Waals surface area (Å²) in [5.74, 6) is 4.88. The molecule has 0 aliphatic heterocycles. The van der Waals surface area contributed by atoms with Gasteiger partial charge in [-0.05, 0) is 29.6 Å². The molecule has 1 aromatic carbocycles. The number of rotatable bonds is 3. The first-order valence-corrected chi connectivity index (χ1v) is 10.2. The average molecular weight is 460 g/mol. The van der Waals surface area contributed by atoms with Crippen LogP contribution < -0.4 is 5.32 Å². The number of pyridine rings is 1. The Bertz CT molecular complexity index is 1300. The van der Waals surface area contributed by atoms with E-state index in [2.05, 4.69) is 22.1 Å². The molecule has 156 valence electrons. The van der Waals surface area contributed by atoms with Crippen LogP contribution in [-0.4, -0.2) is 15.3 Å². The Morgan fingerprint density at radius 3 is 2.55 bits per heavy atom. The molecule has 0 saturated heterocycles. The van der Waals surface area contributed by atoms with E-state index in [4.69, 9.17) is 11.6 Å². The smallest absolute Gasteiger partial charge is 0.346 e. The van der Waals surface area contributed by atoms with Crippen molar-refractivity contribution in [3.05, 3.63) is 92.5 Å². The van der Waals surface area contributed by atoms with Crippen LogP contribution in [0.15, 0.2) is 60.1 Å². The van der Waals surface area contributed by atoms with Crippen LogP contribution in [0, 0.1) is 11.8 Å². The number of aromatic nitrogens is 2. The quantitative estimate of drug-likeness (QED) is 0.417. The van der Waals surface area contributed by atoms with Crippen LogP contribution in [0.5, 0.6) is 0 Å². The van der Waals surface area contributed by atoms with Gasteiger partial charge in [-0.1, -0.05) is 47.7 Å². The maximum atomic E-state index is 13.7. The Labute approximate surface area is 184 Å². The second-order valence-corrected chi connectivity index (χ2v) is 7.85. The summed E-state index contributed by atoms with van der Waals surface area (Å²) in [6.45, 7) is 0.223. The zero-order valence-corrected chi connectivity index (χ0v) is 17.3. The van der Waals surface area contributed by atoms with Gasteiger partial charge in [0.2, 0.25) is 0 Å². The molecule has 0 atom stereocenters. The summed E-state index contributed by atoms with van der Waals surface area (Å²) in [6, 6.07) is 13.4. The second-order valence-electron chi connectivity index (χ2n) is 6.46. The molecular formula is C22H13ClF3N3OS. The van der Waals surface area contributed by atoms with Crippen molar-refractivity contribution in [1.29, 1.82) is 0 Å². The fourth-order valence-electron chi connectivity index (χ4n) is 2.87. The number of benzene rings is 1. The number of fused-ring (bicyclic) bond motifs is 1. The molecule has 3 aromatic heterocycles. The number of hydrogen-bond acceptors (Lipinski definition) is 3. The van der Waals surface area contributed by atoms with Crippen LogP contribution >= 0.6 is 22.9 Å². The van der Waals surface area contributed by atoms with Crippen LogP contribution in [0.3, 0.4) is 0 Å². The molecule has 0 fully saturated rings. The Hall–Kier alpha value is -3.28. The maximum absolute atomic E-state index is 13.7. The molecule has 0 saturated carbocycles. The molecule has 4 rings (SSSR count). The van der Waals surface area contributed by atoms with Crippen LogP contribution in [-0.2, 0) is 12.7 Å². The first-order valence-electron chi connectivity index (χ1n) is 8.99. The van der Waals surface area contributed by atoms with E-state index in [9.17, 15) is 18.0 Å². The molecule has 31 heavy (non-hydrogen) atoms. The number of thiophene rings is 1. The lowest BCUT2D eigenvalue weighted by Gasteiger charge is -2.09. The predicted octanol–water partition coefficient (Wildman–Crippen LogP) is 5.40. The lowest BCUT2D eigenvalue weighted by Crippen LogP contribution is -2.23. The fraction of sp³-hybridized carbons (Fsp3) is 0.0909. The zero-order chi connectivity index (χ0) is 22.0. The molecule has 4 nitrogen and oxygen atoms in total. The third-order valence-corrected chi connectivity index (χ3v) is 5.55. The number of carbonyl (C=O) groups is 1. The Morgan fingerprint density at radius 2 is 1.87 bits per heavy atom. The van der Waals surface area contributed by atoms with Crippen molar-refractivity contribution in [1.82, 2.24) is 14.7 Å². The molecule has 0 bridgehead atoms. The van der Waals surface area contributed by atoms with Crippen molar-refractivity contribution in [2.45, 2.75) is 12.7 Å². The number of alkyl halides is 3. The molecule has 9 heteroatoms. The van der Waals surface area contributed by atoms with Crippen molar-refractivity contribution in [3.63, 3.8) is 0 Å². The number of amides is 1. The standard InChI is InChI=1S/C22H13ClF3N3OS/c23-19-18(21(30)27-12-16-7-4-10-31-16)28-20-17(22(24,25)26)11-15(13-29(19)20)9-8-14-5-2-1-3-6-14/h1-7,10-11,13H,12H2,(H,27,30). The fourth-order valence-corrected chi connectivity index (χ4v) is 3.77. The molecule has 0 radical (unpaired) electrons. The van der Waals surface area contributed by atoms with E-state index in [0.717, 1.165) is 15.3 Å². The highest BCUT2D eigenvalue weighted by molar-refractivity contribution is 7.09. The van der Waals surface area contributed by atoms with Crippen molar-refractivity contribution in [2.75, 3.05) is 0 Å². The summed E-state index contributed by atoms with van der Waals surface area (Å²) in [7, 11) is 0. The molecule has 0 aliphatic carbocycles. The highest BCUT2D eigenvalue weighted by Gasteiger charge is 2.36. The van der Waals surface area contributed by atoms with E-state index >= 15 is 0 Å². The van der Waals surface area contributed by atoms with Crippen LogP contribution in [0.25, 0.3) is 5.65 Å². The van der Waals surface area contributed by atoms with Crippen molar-refractivity contribution in [2.24, 2.45) is 0 Å². The van der Waals surface area contributed by atoms with Gasteiger partial charge in [-0.25, -0.2) is 4.98 Å². The normalized spacial score (nSPS) is 11.2. The van der Waals surface area contributed by atoms with Gasteiger partial charge in [-0.2, -0.15) is 13.2 Å². The van der Waals surface area contributed by atoms with Gasteiger partial charge in [-0.3, -0.25) is 9.20 Å². The molecule has 1 amide bonds. The van der Waals surface area contributed by atoms with Crippen molar-refractivity contribution < 1.29 is 18.0 Å². The molecule has 3 heterocycles. The Balaban J connectivity index is 1.75. The summed E-state index contributed by atoms with van der Waals surface area (Å²) < 4.78 is 42.1. The van der Waals surface area contributed by atoms with Gasteiger partial charge < -0.3 is 5.32 Å². The van der Waals surface area contributed by atoms with Gasteiger partial charge >= 0.3 is 6.18 Å². The van der Waals surface area contributed by atoms with Gasteiger partial charge in [-0.15, -0.1) is 11.3 Å². The maximum Gasteiger partial charge on any atom is 0.420 e. The summed E-state index contributed by atoms with van der Waals surface area (Å²) in [5, 5.41) is 4.26. The number of nitrogens with zero attached hydrogens (tertiary/aromatic N) is 2. The number of nitrogens with one attached hydrogen (secondary N) is 1. The molecule has 0 aliphatic rings. The van der Waals surface area contributed by atoms with E-state index in [1.165, 1.54) is 17.5 Å². The number of halogens is 4. The highest BCUT2D eigenvalue weighted by Crippen LogP contribution is 2.34. The van der Waals surface area contributed by atoms with Gasteiger partial charge in [0.15, 0.2) is 11.3 Å². The first-order chi connectivity index (χ1) is 14.8. The van der Waals surface area contributed by atoms with Gasteiger partial charge in [0.05, 0.1) is 6.54 Å². The van der Waals surface area contributed by atoms with Crippen LogP contribution in [0.4, 0.5) is 13.2 Å². The third kappa shape index (κ3) is 4.58. The second kappa shape index (κ2) is 8.46. The molecule has 1 N–H and O–H groups in total. The lowest BCUT2D eigenvalue weighted by molar-refractivity contribution is -0.136. The predicted molar refractivity (Wildman–Crippen MR) is 113 cm³/mol. The molecule has 4 aromatic rings.